The number of carbonyl (C=O) groups excluding carboxylic acids is 1. The fourth-order valence-electron chi connectivity index (χ4n) is 3.79. The third-order valence-corrected chi connectivity index (χ3v) is 5.48. The molecule has 0 saturated carbocycles. The van der Waals surface area contributed by atoms with Crippen molar-refractivity contribution in [2.75, 3.05) is 0 Å². The Morgan fingerprint density at radius 2 is 1.82 bits per heavy atom. The number of rotatable bonds is 8. The van der Waals surface area contributed by atoms with Crippen LogP contribution in [-0.4, -0.2) is 46.2 Å². The number of aryl methyl sites for hydroxylation is 1. The van der Waals surface area contributed by atoms with Gasteiger partial charge in [0.2, 0.25) is 11.6 Å². The summed E-state index contributed by atoms with van der Waals surface area (Å²) < 4.78 is 1.82. The zero-order valence-corrected chi connectivity index (χ0v) is 18.6. The zero-order valence-electron chi connectivity index (χ0n) is 18.6. The van der Waals surface area contributed by atoms with Gasteiger partial charge in [-0.1, -0.05) is 61.5 Å². The van der Waals surface area contributed by atoms with Gasteiger partial charge in [-0.05, 0) is 34.0 Å². The maximum atomic E-state index is 12.8. The lowest BCUT2D eigenvalue weighted by atomic mass is 10.0. The van der Waals surface area contributed by atoms with E-state index in [1.165, 1.54) is 0 Å². The van der Waals surface area contributed by atoms with Crippen molar-refractivity contribution in [3.8, 4) is 22.5 Å². The van der Waals surface area contributed by atoms with Gasteiger partial charge >= 0.3 is 0 Å². The van der Waals surface area contributed by atoms with Crippen LogP contribution in [0.4, 0.5) is 0 Å². The lowest BCUT2D eigenvalue weighted by Gasteiger charge is -2.09. The summed E-state index contributed by atoms with van der Waals surface area (Å²) >= 11 is 0. The Morgan fingerprint density at radius 3 is 2.56 bits per heavy atom. The molecule has 34 heavy (non-hydrogen) atoms. The number of aromatic nitrogens is 8. The predicted octanol–water partition coefficient (Wildman–Crippen LogP) is 3.75. The second kappa shape index (κ2) is 9.53. The first-order valence-electron chi connectivity index (χ1n) is 11.0. The van der Waals surface area contributed by atoms with Crippen LogP contribution in [0, 0.1) is 0 Å². The number of ketones is 1. The molecule has 3 heterocycles. The highest BCUT2D eigenvalue weighted by Gasteiger charge is 2.18. The Labute approximate surface area is 195 Å². The van der Waals surface area contributed by atoms with Crippen LogP contribution in [0.5, 0.6) is 0 Å². The average molecular weight is 451 g/mol. The molecule has 0 aliphatic carbocycles. The van der Waals surface area contributed by atoms with Crippen molar-refractivity contribution < 1.29 is 4.79 Å². The van der Waals surface area contributed by atoms with E-state index in [0.29, 0.717) is 17.9 Å². The number of tetrazole rings is 1. The Bertz CT molecular complexity index is 1390. The molecule has 3 aromatic heterocycles. The summed E-state index contributed by atoms with van der Waals surface area (Å²) in [5.74, 6) is 1.45. The van der Waals surface area contributed by atoms with Crippen LogP contribution in [0.2, 0.25) is 0 Å². The van der Waals surface area contributed by atoms with E-state index in [4.69, 9.17) is 0 Å². The molecule has 9 nitrogen and oxygen atoms in total. The van der Waals surface area contributed by atoms with Gasteiger partial charge < -0.3 is 0 Å². The molecule has 0 saturated heterocycles. The molecule has 1 N–H and O–H groups in total. The number of hydrogen-bond donors (Lipinski definition) is 1. The zero-order chi connectivity index (χ0) is 23.3. The summed E-state index contributed by atoms with van der Waals surface area (Å²) in [4.78, 5) is 21.6. The molecule has 5 aromatic rings. The second-order valence-corrected chi connectivity index (χ2v) is 7.82. The largest absolute Gasteiger partial charge is 0.285 e. The maximum absolute atomic E-state index is 12.8. The van der Waals surface area contributed by atoms with Crippen LogP contribution < -0.4 is 0 Å². The third-order valence-electron chi connectivity index (χ3n) is 5.48. The van der Waals surface area contributed by atoms with E-state index in [1.807, 2.05) is 53.2 Å². The molecule has 9 heteroatoms. The first-order valence-corrected chi connectivity index (χ1v) is 11.0. The molecule has 0 atom stereocenters. The first kappa shape index (κ1) is 21.3. The van der Waals surface area contributed by atoms with E-state index in [9.17, 15) is 4.79 Å². The Morgan fingerprint density at radius 1 is 1.00 bits per heavy atom. The monoisotopic (exact) mass is 450 g/mol. The van der Waals surface area contributed by atoms with Gasteiger partial charge in [0, 0.05) is 35.5 Å². The van der Waals surface area contributed by atoms with Gasteiger partial charge in [-0.2, -0.15) is 0 Å². The second-order valence-electron chi connectivity index (χ2n) is 7.82. The molecule has 2 aromatic carbocycles. The molecule has 168 valence electrons. The van der Waals surface area contributed by atoms with Gasteiger partial charge in [0.15, 0.2) is 5.82 Å². The maximum Gasteiger partial charge on any atom is 0.232 e. The highest BCUT2D eigenvalue weighted by Crippen LogP contribution is 2.29. The molecule has 0 bridgehead atoms. The number of aromatic amines is 1. The minimum absolute atomic E-state index is 0.168. The van der Waals surface area contributed by atoms with Crippen LogP contribution in [0.1, 0.15) is 40.9 Å². The van der Waals surface area contributed by atoms with Gasteiger partial charge in [-0.15, -0.1) is 10.2 Å². The molecule has 0 spiro atoms. The minimum atomic E-state index is -0.168. The van der Waals surface area contributed by atoms with E-state index in [1.54, 1.807) is 24.5 Å². The predicted molar refractivity (Wildman–Crippen MR) is 126 cm³/mol. The lowest BCUT2D eigenvalue weighted by molar-refractivity contribution is 0.102. The van der Waals surface area contributed by atoms with E-state index in [-0.39, 0.29) is 11.6 Å². The molecule has 0 radical (unpaired) electrons. The van der Waals surface area contributed by atoms with Gasteiger partial charge in [0.05, 0.1) is 6.54 Å². The average Bonchev–Trinajstić information content (AvgIpc) is 3.56. The summed E-state index contributed by atoms with van der Waals surface area (Å²) in [7, 11) is 0. The van der Waals surface area contributed by atoms with Gasteiger partial charge in [0.1, 0.15) is 5.82 Å². The van der Waals surface area contributed by atoms with Crippen molar-refractivity contribution in [3.63, 3.8) is 0 Å². The van der Waals surface area contributed by atoms with Crippen molar-refractivity contribution in [1.82, 2.24) is 40.4 Å². The molecular formula is C25H22N8O. The van der Waals surface area contributed by atoms with Crippen LogP contribution in [-0.2, 0) is 13.0 Å². The lowest BCUT2D eigenvalue weighted by Crippen LogP contribution is -2.08. The third kappa shape index (κ3) is 4.36. The molecule has 0 unspecified atom stereocenters. The Balaban J connectivity index is 1.41. The summed E-state index contributed by atoms with van der Waals surface area (Å²) in [5.41, 5.74) is 4.43. The number of benzene rings is 2. The number of nitrogens with one attached hydrogen (secondary N) is 1. The van der Waals surface area contributed by atoms with E-state index in [2.05, 4.69) is 42.6 Å². The Hall–Kier alpha value is -4.53. The van der Waals surface area contributed by atoms with Crippen molar-refractivity contribution >= 4 is 5.78 Å². The SMILES string of the molecule is CCCc1nc(C(=O)c2ccccc2)nn1Cc1ccc(-c2cnccc2-c2nnn[nH]2)cc1. The fourth-order valence-corrected chi connectivity index (χ4v) is 3.79. The van der Waals surface area contributed by atoms with E-state index >= 15 is 0 Å². The first-order chi connectivity index (χ1) is 16.7. The highest BCUT2D eigenvalue weighted by molar-refractivity contribution is 6.06. The van der Waals surface area contributed by atoms with Crippen LogP contribution in [0.3, 0.4) is 0 Å². The van der Waals surface area contributed by atoms with Crippen molar-refractivity contribution in [3.05, 3.63) is 95.8 Å². The fraction of sp³-hybridized carbons (Fsp3) is 0.160. The number of pyridine rings is 1. The standard InChI is InChI=1S/C25H22N8O/c1-2-6-22-27-25(23(34)19-7-4-3-5-8-19)30-33(22)16-17-9-11-18(12-10-17)21-15-26-14-13-20(21)24-28-31-32-29-24/h3-5,7-15H,2,6,16H2,1H3,(H,28,29,31,32). The molecule has 0 aliphatic heterocycles. The number of H-pyrrole nitrogens is 1. The summed E-state index contributed by atoms with van der Waals surface area (Å²) in [5, 5.41) is 18.7. The van der Waals surface area contributed by atoms with Crippen LogP contribution in [0.25, 0.3) is 22.5 Å². The number of hydrogen-bond acceptors (Lipinski definition) is 7. The minimum Gasteiger partial charge on any atom is -0.285 e. The van der Waals surface area contributed by atoms with E-state index < -0.39 is 0 Å². The quantitative estimate of drug-likeness (QED) is 0.358. The highest BCUT2D eigenvalue weighted by atomic mass is 16.1. The van der Waals surface area contributed by atoms with Gasteiger partial charge in [0.25, 0.3) is 0 Å². The van der Waals surface area contributed by atoms with Crippen LogP contribution >= 0.6 is 0 Å². The summed E-state index contributed by atoms with van der Waals surface area (Å²) in [6.07, 6.45) is 5.17. The number of carbonyl (C=O) groups is 1. The number of nitrogens with zero attached hydrogens (tertiary/aromatic N) is 7. The van der Waals surface area contributed by atoms with Crippen LogP contribution in [0.15, 0.2) is 73.1 Å². The Kier molecular flexibility index (Phi) is 5.98. The summed E-state index contributed by atoms with van der Waals surface area (Å²) in [6.45, 7) is 2.61. The molecule has 5 rings (SSSR count). The molecule has 0 amide bonds. The normalized spacial score (nSPS) is 11.0. The molecular weight excluding hydrogens is 428 g/mol. The molecule has 0 aliphatic rings. The van der Waals surface area contributed by atoms with Crippen molar-refractivity contribution in [2.24, 2.45) is 0 Å². The van der Waals surface area contributed by atoms with Crippen molar-refractivity contribution in [1.29, 1.82) is 0 Å². The van der Waals surface area contributed by atoms with Crippen molar-refractivity contribution in [2.45, 2.75) is 26.3 Å². The summed E-state index contributed by atoms with van der Waals surface area (Å²) in [6, 6.07) is 19.1. The topological polar surface area (TPSA) is 115 Å². The van der Waals surface area contributed by atoms with Gasteiger partial charge in [-0.25, -0.2) is 14.8 Å². The van der Waals surface area contributed by atoms with Gasteiger partial charge in [-0.3, -0.25) is 9.78 Å². The smallest absolute Gasteiger partial charge is 0.232 e. The molecule has 0 fully saturated rings. The van der Waals surface area contributed by atoms with E-state index in [0.717, 1.165) is 40.9 Å².